The molecule has 0 aromatic heterocycles. The molecule has 0 radical (unpaired) electrons. The molecule has 3 nitrogen and oxygen atoms in total. The van der Waals surface area contributed by atoms with Gasteiger partial charge in [-0.05, 0) is 24.6 Å². The smallest absolute Gasteiger partial charge is 0.380 e. The number of benzene rings is 1. The van der Waals surface area contributed by atoms with Crippen molar-refractivity contribution in [3.63, 3.8) is 0 Å². The van der Waals surface area contributed by atoms with Gasteiger partial charge in [-0.1, -0.05) is 11.6 Å². The van der Waals surface area contributed by atoms with E-state index in [1.54, 1.807) is 0 Å². The van der Waals surface area contributed by atoms with Crippen molar-refractivity contribution < 1.29 is 21.6 Å². The van der Waals surface area contributed by atoms with Gasteiger partial charge in [0, 0.05) is 6.04 Å². The summed E-state index contributed by atoms with van der Waals surface area (Å²) in [5.41, 5.74) is -0.709. The summed E-state index contributed by atoms with van der Waals surface area (Å²) < 4.78 is 60.3. The largest absolute Gasteiger partial charge is 0.416 e. The van der Waals surface area contributed by atoms with Crippen LogP contribution in [0.1, 0.15) is 12.0 Å². The number of alkyl halides is 3. The van der Waals surface area contributed by atoms with Crippen LogP contribution >= 0.6 is 11.6 Å². The normalized spacial score (nSPS) is 22.4. The molecule has 0 saturated carbocycles. The number of anilines is 1. The molecular weight excluding hydrogens is 303 g/mol. The van der Waals surface area contributed by atoms with Crippen molar-refractivity contribution in [3.05, 3.63) is 28.8 Å². The zero-order valence-electron chi connectivity index (χ0n) is 9.67. The fraction of sp³-hybridized carbons (Fsp3) is 0.455. The van der Waals surface area contributed by atoms with Crippen molar-refractivity contribution >= 4 is 27.1 Å². The first kappa shape index (κ1) is 14.5. The van der Waals surface area contributed by atoms with E-state index in [4.69, 9.17) is 11.6 Å². The van der Waals surface area contributed by atoms with Crippen molar-refractivity contribution in [1.82, 2.24) is 0 Å². The molecule has 0 amide bonds. The first-order chi connectivity index (χ1) is 8.67. The molecule has 0 spiro atoms. The lowest BCUT2D eigenvalue weighted by Gasteiger charge is -2.16. The van der Waals surface area contributed by atoms with Gasteiger partial charge >= 0.3 is 6.18 Å². The van der Waals surface area contributed by atoms with Gasteiger partial charge in [0.15, 0.2) is 9.84 Å². The van der Waals surface area contributed by atoms with Crippen LogP contribution in [0.3, 0.4) is 0 Å². The van der Waals surface area contributed by atoms with Gasteiger partial charge in [0.25, 0.3) is 0 Å². The molecule has 106 valence electrons. The third-order valence-corrected chi connectivity index (χ3v) is 4.98. The van der Waals surface area contributed by atoms with Gasteiger partial charge in [-0.3, -0.25) is 0 Å². The number of nitrogens with one attached hydrogen (secondary N) is 1. The molecule has 1 aromatic rings. The van der Waals surface area contributed by atoms with Crippen LogP contribution in [0.4, 0.5) is 18.9 Å². The third-order valence-electron chi connectivity index (χ3n) is 2.89. The topological polar surface area (TPSA) is 46.2 Å². The van der Waals surface area contributed by atoms with Crippen molar-refractivity contribution in [2.75, 3.05) is 16.8 Å². The SMILES string of the molecule is O=S1(=O)CCC(Nc2cc(C(F)(F)F)ccc2Cl)C1. The zero-order valence-corrected chi connectivity index (χ0v) is 11.2. The lowest BCUT2D eigenvalue weighted by Crippen LogP contribution is -2.21. The van der Waals surface area contributed by atoms with E-state index >= 15 is 0 Å². The van der Waals surface area contributed by atoms with E-state index in [9.17, 15) is 21.6 Å². The van der Waals surface area contributed by atoms with E-state index in [-0.39, 0.29) is 22.2 Å². The van der Waals surface area contributed by atoms with Crippen LogP contribution in [-0.2, 0) is 16.0 Å². The Bertz CT molecular complexity index is 586. The van der Waals surface area contributed by atoms with Crippen LogP contribution < -0.4 is 5.32 Å². The lowest BCUT2D eigenvalue weighted by atomic mass is 10.1. The van der Waals surface area contributed by atoms with Crippen LogP contribution in [0, 0.1) is 0 Å². The van der Waals surface area contributed by atoms with E-state index in [1.807, 2.05) is 0 Å². The average Bonchev–Trinajstić information content (AvgIpc) is 2.60. The highest BCUT2D eigenvalue weighted by atomic mass is 35.5. The van der Waals surface area contributed by atoms with Gasteiger partial charge in [0.2, 0.25) is 0 Å². The maximum Gasteiger partial charge on any atom is 0.416 e. The highest BCUT2D eigenvalue weighted by Gasteiger charge is 2.32. The standard InChI is InChI=1S/C11H11ClF3NO2S/c12-9-2-1-7(11(13,14)15)5-10(9)16-8-3-4-19(17,18)6-8/h1-2,5,8,16H,3-4,6H2. The summed E-state index contributed by atoms with van der Waals surface area (Å²) in [6, 6.07) is 2.54. The molecule has 1 aliphatic heterocycles. The molecule has 2 rings (SSSR count). The third kappa shape index (κ3) is 3.54. The van der Waals surface area contributed by atoms with Crippen LogP contribution in [0.15, 0.2) is 18.2 Å². The minimum Gasteiger partial charge on any atom is -0.380 e. The minimum atomic E-state index is -4.46. The molecule has 19 heavy (non-hydrogen) atoms. The molecule has 0 aliphatic carbocycles. The average molecular weight is 314 g/mol. The second-order valence-electron chi connectivity index (χ2n) is 4.44. The van der Waals surface area contributed by atoms with Gasteiger partial charge in [0.05, 0.1) is 27.8 Å². The van der Waals surface area contributed by atoms with E-state index in [1.165, 1.54) is 0 Å². The molecule has 8 heteroatoms. The second kappa shape index (κ2) is 4.86. The van der Waals surface area contributed by atoms with E-state index in [0.717, 1.165) is 18.2 Å². The van der Waals surface area contributed by atoms with Crippen LogP contribution in [0.5, 0.6) is 0 Å². The molecule has 1 saturated heterocycles. The zero-order chi connectivity index (χ0) is 14.3. The Morgan fingerprint density at radius 1 is 1.32 bits per heavy atom. The summed E-state index contributed by atoms with van der Waals surface area (Å²) in [5, 5.41) is 2.90. The van der Waals surface area contributed by atoms with Crippen LogP contribution in [0.2, 0.25) is 5.02 Å². The molecule has 1 aromatic carbocycles. The predicted octanol–water partition coefficient (Wildman–Crippen LogP) is 2.96. The summed E-state index contributed by atoms with van der Waals surface area (Å²) in [4.78, 5) is 0. The molecule has 1 fully saturated rings. The van der Waals surface area contributed by atoms with Crippen molar-refractivity contribution in [1.29, 1.82) is 0 Å². The highest BCUT2D eigenvalue weighted by molar-refractivity contribution is 7.91. The molecule has 1 heterocycles. The highest BCUT2D eigenvalue weighted by Crippen LogP contribution is 2.34. The Kier molecular flexibility index (Phi) is 3.70. The predicted molar refractivity (Wildman–Crippen MR) is 67.1 cm³/mol. The lowest BCUT2D eigenvalue weighted by molar-refractivity contribution is -0.137. The summed E-state index contributed by atoms with van der Waals surface area (Å²) in [6.07, 6.45) is -4.09. The molecule has 0 bridgehead atoms. The van der Waals surface area contributed by atoms with Gasteiger partial charge in [-0.15, -0.1) is 0 Å². The Morgan fingerprint density at radius 3 is 2.53 bits per heavy atom. The van der Waals surface area contributed by atoms with E-state index < -0.39 is 27.6 Å². The quantitative estimate of drug-likeness (QED) is 0.913. The fourth-order valence-corrected chi connectivity index (χ4v) is 3.79. The van der Waals surface area contributed by atoms with Gasteiger partial charge in [0.1, 0.15) is 0 Å². The fourth-order valence-electron chi connectivity index (χ4n) is 1.94. The summed E-state index contributed by atoms with van der Waals surface area (Å²) in [5.74, 6) is -0.0409. The Balaban J connectivity index is 2.21. The maximum atomic E-state index is 12.6. The van der Waals surface area contributed by atoms with Crippen molar-refractivity contribution in [3.8, 4) is 0 Å². The van der Waals surface area contributed by atoms with E-state index in [2.05, 4.69) is 5.32 Å². The summed E-state index contributed by atoms with van der Waals surface area (Å²) in [7, 11) is -3.09. The van der Waals surface area contributed by atoms with Crippen LogP contribution in [-0.4, -0.2) is 26.0 Å². The van der Waals surface area contributed by atoms with Gasteiger partial charge in [-0.2, -0.15) is 13.2 Å². The Morgan fingerprint density at radius 2 is 2.00 bits per heavy atom. The van der Waals surface area contributed by atoms with Gasteiger partial charge in [-0.25, -0.2) is 8.42 Å². The Labute approximate surface area is 113 Å². The van der Waals surface area contributed by atoms with Crippen molar-refractivity contribution in [2.24, 2.45) is 0 Å². The molecule has 1 unspecified atom stereocenters. The van der Waals surface area contributed by atoms with Crippen LogP contribution in [0.25, 0.3) is 0 Å². The monoisotopic (exact) mass is 313 g/mol. The van der Waals surface area contributed by atoms with Crippen molar-refractivity contribution in [2.45, 2.75) is 18.6 Å². The molecular formula is C11H11ClF3NO2S. The van der Waals surface area contributed by atoms with Gasteiger partial charge < -0.3 is 5.32 Å². The summed E-state index contributed by atoms with van der Waals surface area (Å²) in [6.45, 7) is 0. The maximum absolute atomic E-state index is 12.6. The number of sulfone groups is 1. The minimum absolute atomic E-state index is 0.0429. The first-order valence-electron chi connectivity index (χ1n) is 5.51. The molecule has 1 N–H and O–H groups in total. The molecule has 1 atom stereocenters. The number of hydrogen-bond donors (Lipinski definition) is 1. The Hall–Kier alpha value is -0.950. The molecule has 1 aliphatic rings. The number of halogens is 4. The van der Waals surface area contributed by atoms with E-state index in [0.29, 0.717) is 6.42 Å². The first-order valence-corrected chi connectivity index (χ1v) is 7.71. The number of rotatable bonds is 2. The summed E-state index contributed by atoms with van der Waals surface area (Å²) >= 11 is 5.82. The number of hydrogen-bond acceptors (Lipinski definition) is 3. The second-order valence-corrected chi connectivity index (χ2v) is 7.07.